The van der Waals surface area contributed by atoms with Crippen LogP contribution in [0.1, 0.15) is 21.5 Å². The summed E-state index contributed by atoms with van der Waals surface area (Å²) in [5, 5.41) is 3.63. The Hall–Kier alpha value is -2.53. The first-order chi connectivity index (χ1) is 11.6. The van der Waals surface area contributed by atoms with Gasteiger partial charge < -0.3 is 14.8 Å². The van der Waals surface area contributed by atoms with Crippen molar-refractivity contribution in [2.24, 2.45) is 0 Å². The Morgan fingerprint density at radius 1 is 1.25 bits per heavy atom. The Labute approximate surface area is 145 Å². The molecule has 0 saturated carbocycles. The molecule has 6 heteroatoms. The van der Waals surface area contributed by atoms with Gasteiger partial charge in [0.1, 0.15) is 5.15 Å². The van der Waals surface area contributed by atoms with Crippen LogP contribution in [0.4, 0.5) is 0 Å². The molecule has 2 heterocycles. The Kier molecular flexibility index (Phi) is 4.71. The van der Waals surface area contributed by atoms with E-state index in [2.05, 4.69) is 10.3 Å². The minimum absolute atomic E-state index is 0.135. The Bertz CT molecular complexity index is 801. The molecule has 0 bridgehead atoms. The number of carbonyl (C=O) groups is 1. The molecule has 5 nitrogen and oxygen atoms in total. The number of halogens is 1. The van der Waals surface area contributed by atoms with E-state index < -0.39 is 0 Å². The number of hydrogen-bond donors (Lipinski definition) is 1. The van der Waals surface area contributed by atoms with Gasteiger partial charge in [0, 0.05) is 35.6 Å². The molecule has 0 saturated heterocycles. The first-order valence-electron chi connectivity index (χ1n) is 7.49. The van der Waals surface area contributed by atoms with Crippen LogP contribution in [0.5, 0.6) is 11.5 Å². The van der Waals surface area contributed by atoms with Crippen molar-refractivity contribution in [3.8, 4) is 11.5 Å². The highest BCUT2D eigenvalue weighted by Crippen LogP contribution is 2.34. The van der Waals surface area contributed by atoms with Gasteiger partial charge in [-0.3, -0.25) is 4.79 Å². The van der Waals surface area contributed by atoms with Gasteiger partial charge in [0.2, 0.25) is 0 Å². The van der Waals surface area contributed by atoms with E-state index in [1.165, 1.54) is 6.20 Å². The molecular formula is C18H17ClN2O3. The van der Waals surface area contributed by atoms with Crippen molar-refractivity contribution >= 4 is 23.1 Å². The Morgan fingerprint density at radius 2 is 2.00 bits per heavy atom. The third-order valence-electron chi connectivity index (χ3n) is 3.90. The fourth-order valence-corrected chi connectivity index (χ4v) is 2.78. The highest BCUT2D eigenvalue weighted by Gasteiger charge is 2.19. The largest absolute Gasteiger partial charge is 0.493 e. The zero-order valence-electron chi connectivity index (χ0n) is 13.4. The lowest BCUT2D eigenvalue weighted by atomic mass is 9.96. The number of aromatic nitrogens is 1. The van der Waals surface area contributed by atoms with Crippen LogP contribution in [0, 0.1) is 0 Å². The summed E-state index contributed by atoms with van der Waals surface area (Å²) in [5.74, 6) is 1.18. The summed E-state index contributed by atoms with van der Waals surface area (Å²) in [6.45, 7) is 0.750. The van der Waals surface area contributed by atoms with Crippen LogP contribution >= 0.6 is 11.6 Å². The van der Waals surface area contributed by atoms with Crippen LogP contribution in [0.2, 0.25) is 5.15 Å². The fraction of sp³-hybridized carbons (Fsp3) is 0.222. The molecule has 124 valence electrons. The van der Waals surface area contributed by atoms with E-state index in [0.29, 0.717) is 22.2 Å². The molecular weight excluding hydrogens is 328 g/mol. The predicted octanol–water partition coefficient (Wildman–Crippen LogP) is 3.12. The summed E-state index contributed by atoms with van der Waals surface area (Å²) < 4.78 is 10.7. The molecule has 1 N–H and O–H groups in total. The van der Waals surface area contributed by atoms with Gasteiger partial charge in [-0.1, -0.05) is 11.6 Å². The quantitative estimate of drug-likeness (QED) is 0.524. The zero-order valence-corrected chi connectivity index (χ0v) is 14.2. The number of nitrogens with one attached hydrogen (secondary N) is 1. The lowest BCUT2D eigenvalue weighted by Crippen LogP contribution is -2.23. The van der Waals surface area contributed by atoms with Crippen molar-refractivity contribution in [1.82, 2.24) is 10.3 Å². The van der Waals surface area contributed by atoms with Crippen LogP contribution in [0.25, 0.3) is 5.70 Å². The number of benzene rings is 1. The number of hydrogen-bond acceptors (Lipinski definition) is 5. The monoisotopic (exact) mass is 344 g/mol. The summed E-state index contributed by atoms with van der Waals surface area (Å²) >= 11 is 5.76. The van der Waals surface area contributed by atoms with Crippen LogP contribution in [-0.4, -0.2) is 31.5 Å². The number of fused-ring (bicyclic) bond motifs is 1. The molecule has 1 aliphatic rings. The van der Waals surface area contributed by atoms with Crippen molar-refractivity contribution in [3.05, 3.63) is 58.4 Å². The van der Waals surface area contributed by atoms with Crippen LogP contribution in [-0.2, 0) is 6.42 Å². The van der Waals surface area contributed by atoms with Crippen molar-refractivity contribution < 1.29 is 14.3 Å². The number of methoxy groups -OCH3 is 2. The number of rotatable bonds is 4. The third kappa shape index (κ3) is 3.21. The van der Waals surface area contributed by atoms with Gasteiger partial charge >= 0.3 is 0 Å². The number of carbonyl (C=O) groups excluding carboxylic acids is 1. The van der Waals surface area contributed by atoms with E-state index in [0.717, 1.165) is 29.8 Å². The van der Waals surface area contributed by atoms with Gasteiger partial charge in [0.05, 0.1) is 14.2 Å². The lowest BCUT2D eigenvalue weighted by Gasteiger charge is -2.23. The molecule has 0 spiro atoms. The summed E-state index contributed by atoms with van der Waals surface area (Å²) in [4.78, 5) is 16.4. The van der Waals surface area contributed by atoms with Crippen molar-refractivity contribution in [1.29, 1.82) is 0 Å². The number of pyridine rings is 1. The summed E-state index contributed by atoms with van der Waals surface area (Å²) in [6.07, 6.45) is 3.90. The van der Waals surface area contributed by atoms with Crippen molar-refractivity contribution in [2.45, 2.75) is 6.42 Å². The standard InChI is InChI=1S/C18H17ClN2O3/c1-23-16-7-11-5-6-20-14(13(11)8-17(16)24-2)9-15(22)12-3-4-18(19)21-10-12/h3-4,7-10,20H,5-6H2,1-2H3/b14-9-. The summed E-state index contributed by atoms with van der Waals surface area (Å²) in [6, 6.07) is 7.10. The average Bonchev–Trinajstić information content (AvgIpc) is 2.61. The molecule has 24 heavy (non-hydrogen) atoms. The lowest BCUT2D eigenvalue weighted by molar-refractivity contribution is 0.104. The van der Waals surface area contributed by atoms with Crippen LogP contribution < -0.4 is 14.8 Å². The molecule has 1 aliphatic heterocycles. The summed E-state index contributed by atoms with van der Waals surface area (Å²) in [7, 11) is 3.20. The smallest absolute Gasteiger partial charge is 0.189 e. The van der Waals surface area contributed by atoms with E-state index >= 15 is 0 Å². The Balaban J connectivity index is 1.99. The second-order valence-corrected chi connectivity index (χ2v) is 5.72. The molecule has 3 rings (SSSR count). The molecule has 0 radical (unpaired) electrons. The molecule has 0 atom stereocenters. The van der Waals surface area contributed by atoms with Gasteiger partial charge in [-0.2, -0.15) is 0 Å². The molecule has 1 aromatic carbocycles. The maximum atomic E-state index is 12.5. The van der Waals surface area contributed by atoms with E-state index in [4.69, 9.17) is 21.1 Å². The second kappa shape index (κ2) is 6.93. The van der Waals surface area contributed by atoms with Gasteiger partial charge in [-0.05, 0) is 36.2 Å². The number of ether oxygens (including phenoxy) is 2. The first-order valence-corrected chi connectivity index (χ1v) is 7.87. The average molecular weight is 345 g/mol. The molecule has 2 aromatic rings. The number of ketones is 1. The van der Waals surface area contributed by atoms with E-state index in [9.17, 15) is 4.79 Å². The van der Waals surface area contributed by atoms with Crippen molar-refractivity contribution in [3.63, 3.8) is 0 Å². The SMILES string of the molecule is COc1cc2c(cc1OC)/C(=C/C(=O)c1ccc(Cl)nc1)NCC2. The minimum atomic E-state index is -0.135. The predicted molar refractivity (Wildman–Crippen MR) is 92.8 cm³/mol. The third-order valence-corrected chi connectivity index (χ3v) is 4.12. The first kappa shape index (κ1) is 16.3. The summed E-state index contributed by atoms with van der Waals surface area (Å²) in [5.41, 5.74) is 3.30. The normalized spacial score (nSPS) is 14.7. The molecule has 0 aliphatic carbocycles. The van der Waals surface area contributed by atoms with Crippen molar-refractivity contribution in [2.75, 3.05) is 20.8 Å². The molecule has 0 fully saturated rings. The fourth-order valence-electron chi connectivity index (χ4n) is 2.67. The van der Waals surface area contributed by atoms with E-state index in [1.54, 1.807) is 32.4 Å². The highest BCUT2D eigenvalue weighted by atomic mass is 35.5. The van der Waals surface area contributed by atoms with Gasteiger partial charge in [-0.25, -0.2) is 4.98 Å². The van der Waals surface area contributed by atoms with Crippen LogP contribution in [0.3, 0.4) is 0 Å². The van der Waals surface area contributed by atoms with Gasteiger partial charge in [0.25, 0.3) is 0 Å². The molecule has 0 unspecified atom stereocenters. The zero-order chi connectivity index (χ0) is 17.1. The van der Waals surface area contributed by atoms with E-state index in [1.807, 2.05) is 12.1 Å². The molecule has 0 amide bonds. The highest BCUT2D eigenvalue weighted by molar-refractivity contribution is 6.29. The topological polar surface area (TPSA) is 60.5 Å². The number of allylic oxidation sites excluding steroid dienone is 1. The maximum Gasteiger partial charge on any atom is 0.189 e. The van der Waals surface area contributed by atoms with Gasteiger partial charge in [0.15, 0.2) is 17.3 Å². The second-order valence-electron chi connectivity index (χ2n) is 5.33. The van der Waals surface area contributed by atoms with Gasteiger partial charge in [-0.15, -0.1) is 0 Å². The Morgan fingerprint density at radius 3 is 2.67 bits per heavy atom. The minimum Gasteiger partial charge on any atom is -0.493 e. The van der Waals surface area contributed by atoms with Crippen LogP contribution in [0.15, 0.2) is 36.5 Å². The maximum absolute atomic E-state index is 12.5. The molecule has 1 aromatic heterocycles. The number of nitrogens with zero attached hydrogens (tertiary/aromatic N) is 1. The van der Waals surface area contributed by atoms with E-state index in [-0.39, 0.29) is 5.78 Å².